The van der Waals surface area contributed by atoms with Gasteiger partial charge in [0.1, 0.15) is 11.5 Å². The highest BCUT2D eigenvalue weighted by Crippen LogP contribution is 2.34. The van der Waals surface area contributed by atoms with E-state index < -0.39 is 5.54 Å². The van der Waals surface area contributed by atoms with Gasteiger partial charge in [-0.1, -0.05) is 29.8 Å². The molecule has 0 heterocycles. The summed E-state index contributed by atoms with van der Waals surface area (Å²) in [7, 11) is 3.32. The zero-order chi connectivity index (χ0) is 14.8. The van der Waals surface area contributed by atoms with E-state index in [4.69, 9.17) is 15.2 Å². The van der Waals surface area contributed by atoms with Crippen LogP contribution in [-0.2, 0) is 5.54 Å². The molecule has 1 unspecified atom stereocenters. The van der Waals surface area contributed by atoms with E-state index in [1.165, 1.54) is 0 Å². The Balaban J connectivity index is 2.50. The van der Waals surface area contributed by atoms with Crippen LogP contribution >= 0.6 is 0 Å². The van der Waals surface area contributed by atoms with E-state index in [2.05, 4.69) is 6.07 Å². The molecular weight excluding hydrogens is 250 g/mol. The quantitative estimate of drug-likeness (QED) is 0.928. The van der Waals surface area contributed by atoms with Crippen LogP contribution in [-0.4, -0.2) is 14.2 Å². The summed E-state index contributed by atoms with van der Waals surface area (Å²) in [6.45, 7) is 4.04. The number of rotatable bonds is 4. The first kappa shape index (κ1) is 14.4. The summed E-state index contributed by atoms with van der Waals surface area (Å²) >= 11 is 0. The molecule has 0 aromatic heterocycles. The Bertz CT molecular complexity index is 588. The van der Waals surface area contributed by atoms with Gasteiger partial charge in [-0.3, -0.25) is 0 Å². The normalized spacial score (nSPS) is 13.7. The fraction of sp³-hybridized carbons (Fsp3) is 0.294. The lowest BCUT2D eigenvalue weighted by atomic mass is 9.84. The second kappa shape index (κ2) is 5.55. The van der Waals surface area contributed by atoms with Crippen molar-refractivity contribution in [2.75, 3.05) is 14.2 Å². The van der Waals surface area contributed by atoms with Crippen molar-refractivity contribution in [3.63, 3.8) is 0 Å². The second-order valence-corrected chi connectivity index (χ2v) is 5.13. The van der Waals surface area contributed by atoms with Gasteiger partial charge in [-0.15, -0.1) is 0 Å². The van der Waals surface area contributed by atoms with Gasteiger partial charge in [-0.2, -0.15) is 0 Å². The van der Waals surface area contributed by atoms with Crippen LogP contribution in [0.2, 0.25) is 0 Å². The Morgan fingerprint density at radius 3 is 2.15 bits per heavy atom. The van der Waals surface area contributed by atoms with E-state index in [-0.39, 0.29) is 0 Å². The first-order valence-electron chi connectivity index (χ1n) is 6.57. The standard InChI is InChI=1S/C17H21NO2/c1-12-5-10-16(20-4)15(11-12)17(2,18)13-6-8-14(19-3)9-7-13/h5-11H,18H2,1-4H3. The lowest BCUT2D eigenvalue weighted by Crippen LogP contribution is -2.34. The van der Waals surface area contributed by atoms with Crippen LogP contribution in [0.3, 0.4) is 0 Å². The molecule has 0 fully saturated rings. The summed E-state index contributed by atoms with van der Waals surface area (Å²) in [5.74, 6) is 1.62. The van der Waals surface area contributed by atoms with E-state index in [1.807, 2.05) is 50.2 Å². The minimum absolute atomic E-state index is 0.621. The van der Waals surface area contributed by atoms with Crippen LogP contribution in [0.25, 0.3) is 0 Å². The molecule has 0 aliphatic rings. The highest BCUT2D eigenvalue weighted by atomic mass is 16.5. The molecule has 2 aromatic carbocycles. The molecule has 3 heteroatoms. The summed E-state index contributed by atoms with van der Waals surface area (Å²) in [5, 5.41) is 0. The van der Waals surface area contributed by atoms with Gasteiger partial charge in [0.25, 0.3) is 0 Å². The van der Waals surface area contributed by atoms with Crippen LogP contribution < -0.4 is 15.2 Å². The number of nitrogens with two attached hydrogens (primary N) is 1. The molecule has 2 aromatic rings. The molecule has 106 valence electrons. The lowest BCUT2D eigenvalue weighted by Gasteiger charge is -2.28. The van der Waals surface area contributed by atoms with Crippen molar-refractivity contribution >= 4 is 0 Å². The number of methoxy groups -OCH3 is 2. The van der Waals surface area contributed by atoms with Crippen molar-refractivity contribution < 1.29 is 9.47 Å². The number of ether oxygens (including phenoxy) is 2. The molecule has 3 nitrogen and oxygen atoms in total. The molecule has 1 atom stereocenters. The predicted molar refractivity (Wildman–Crippen MR) is 81.4 cm³/mol. The monoisotopic (exact) mass is 271 g/mol. The minimum atomic E-state index is -0.621. The van der Waals surface area contributed by atoms with Crippen molar-refractivity contribution in [3.05, 3.63) is 59.2 Å². The highest BCUT2D eigenvalue weighted by molar-refractivity contribution is 5.48. The van der Waals surface area contributed by atoms with Crippen molar-refractivity contribution in [2.24, 2.45) is 5.73 Å². The molecule has 0 saturated carbocycles. The van der Waals surface area contributed by atoms with E-state index >= 15 is 0 Å². The van der Waals surface area contributed by atoms with Gasteiger partial charge < -0.3 is 15.2 Å². The van der Waals surface area contributed by atoms with Crippen LogP contribution in [0.4, 0.5) is 0 Å². The van der Waals surface area contributed by atoms with Gasteiger partial charge in [0.05, 0.1) is 19.8 Å². The molecule has 0 bridgehead atoms. The molecule has 2 rings (SSSR count). The maximum atomic E-state index is 6.58. The summed E-state index contributed by atoms with van der Waals surface area (Å²) in [6, 6.07) is 13.9. The van der Waals surface area contributed by atoms with E-state index in [1.54, 1.807) is 14.2 Å². The van der Waals surface area contributed by atoms with E-state index in [0.717, 1.165) is 28.2 Å². The molecular formula is C17H21NO2. The first-order chi connectivity index (χ1) is 9.48. The zero-order valence-corrected chi connectivity index (χ0v) is 12.4. The van der Waals surface area contributed by atoms with Crippen LogP contribution in [0.5, 0.6) is 11.5 Å². The van der Waals surface area contributed by atoms with Gasteiger partial charge in [0.2, 0.25) is 0 Å². The SMILES string of the molecule is COc1ccc(C(C)(N)c2cc(C)ccc2OC)cc1. The first-order valence-corrected chi connectivity index (χ1v) is 6.57. The molecule has 0 radical (unpaired) electrons. The fourth-order valence-electron chi connectivity index (χ4n) is 2.32. The molecule has 0 aliphatic heterocycles. The second-order valence-electron chi connectivity index (χ2n) is 5.13. The summed E-state index contributed by atoms with van der Waals surface area (Å²) in [6.07, 6.45) is 0. The Labute approximate surface area is 120 Å². The topological polar surface area (TPSA) is 44.5 Å². The Morgan fingerprint density at radius 2 is 1.60 bits per heavy atom. The molecule has 0 spiro atoms. The van der Waals surface area contributed by atoms with Crippen LogP contribution in [0.1, 0.15) is 23.6 Å². The van der Waals surface area contributed by atoms with Gasteiger partial charge in [0.15, 0.2) is 0 Å². The number of hydrogen-bond acceptors (Lipinski definition) is 3. The highest BCUT2D eigenvalue weighted by Gasteiger charge is 2.27. The molecule has 0 aliphatic carbocycles. The Morgan fingerprint density at radius 1 is 0.950 bits per heavy atom. The van der Waals surface area contributed by atoms with Crippen LogP contribution in [0.15, 0.2) is 42.5 Å². The number of benzene rings is 2. The van der Waals surface area contributed by atoms with Gasteiger partial charge in [0, 0.05) is 5.56 Å². The van der Waals surface area contributed by atoms with Crippen molar-refractivity contribution in [2.45, 2.75) is 19.4 Å². The third kappa shape index (κ3) is 2.63. The smallest absolute Gasteiger partial charge is 0.124 e. The average Bonchev–Trinajstić information content (AvgIpc) is 2.47. The van der Waals surface area contributed by atoms with E-state index in [9.17, 15) is 0 Å². The van der Waals surface area contributed by atoms with Crippen molar-refractivity contribution in [3.8, 4) is 11.5 Å². The predicted octanol–water partition coefficient (Wildman–Crippen LogP) is 3.23. The van der Waals surface area contributed by atoms with Crippen LogP contribution in [0, 0.1) is 6.92 Å². The summed E-state index contributed by atoms with van der Waals surface area (Å²) < 4.78 is 10.6. The molecule has 0 amide bonds. The minimum Gasteiger partial charge on any atom is -0.497 e. The Kier molecular flexibility index (Phi) is 4.00. The average molecular weight is 271 g/mol. The molecule has 20 heavy (non-hydrogen) atoms. The van der Waals surface area contributed by atoms with Gasteiger partial charge >= 0.3 is 0 Å². The van der Waals surface area contributed by atoms with Gasteiger partial charge in [-0.25, -0.2) is 0 Å². The van der Waals surface area contributed by atoms with Crippen molar-refractivity contribution in [1.82, 2.24) is 0 Å². The largest absolute Gasteiger partial charge is 0.497 e. The zero-order valence-electron chi connectivity index (χ0n) is 12.4. The maximum absolute atomic E-state index is 6.58. The van der Waals surface area contributed by atoms with Gasteiger partial charge in [-0.05, 0) is 37.6 Å². The Hall–Kier alpha value is -2.00. The third-order valence-corrected chi connectivity index (χ3v) is 3.60. The van der Waals surface area contributed by atoms with E-state index in [0.29, 0.717) is 0 Å². The lowest BCUT2D eigenvalue weighted by molar-refractivity contribution is 0.398. The molecule has 0 saturated heterocycles. The summed E-state index contributed by atoms with van der Waals surface area (Å²) in [5.41, 5.74) is 9.11. The summed E-state index contributed by atoms with van der Waals surface area (Å²) in [4.78, 5) is 0. The van der Waals surface area contributed by atoms with Crippen molar-refractivity contribution in [1.29, 1.82) is 0 Å². The maximum Gasteiger partial charge on any atom is 0.124 e. The number of aryl methyl sites for hydroxylation is 1. The number of hydrogen-bond donors (Lipinski definition) is 1. The fourth-order valence-corrected chi connectivity index (χ4v) is 2.32. The third-order valence-electron chi connectivity index (χ3n) is 3.60. The molecule has 2 N–H and O–H groups in total.